The van der Waals surface area contributed by atoms with Crippen molar-refractivity contribution in [2.24, 2.45) is 5.92 Å². The zero-order valence-corrected chi connectivity index (χ0v) is 10.5. The van der Waals surface area contributed by atoms with E-state index in [1.807, 2.05) is 28.9 Å². The Morgan fingerprint density at radius 2 is 2.37 bits per heavy atom. The van der Waals surface area contributed by atoms with E-state index in [2.05, 4.69) is 15.6 Å². The number of carbonyl (C=O) groups is 1. The number of fused-ring (bicyclic) bond motifs is 3. The van der Waals surface area contributed by atoms with Gasteiger partial charge >= 0.3 is 0 Å². The van der Waals surface area contributed by atoms with Crippen LogP contribution in [0.1, 0.15) is 23.2 Å². The SMILES string of the molecule is O=C(N[C@@H]1C[C@H]2C[C@H]1CN2)c1ccn2ccnc2c1. The van der Waals surface area contributed by atoms with Crippen molar-refractivity contribution in [2.45, 2.75) is 24.9 Å². The molecule has 3 heterocycles. The number of carbonyl (C=O) groups excluding carboxylic acids is 1. The standard InChI is InChI=1S/C14H16N4O/c19-14(17-12-7-11-5-10(12)8-16-11)9-1-3-18-4-2-15-13(18)6-9/h1-4,6,10-12,16H,5,7-8H2,(H,17,19)/t10-,11+,12+/m0/s1. The molecule has 3 atom stereocenters. The third-order valence-corrected chi connectivity index (χ3v) is 4.34. The van der Waals surface area contributed by atoms with Crippen LogP contribution in [0.4, 0.5) is 0 Å². The van der Waals surface area contributed by atoms with Crippen LogP contribution in [0, 0.1) is 5.92 Å². The van der Waals surface area contributed by atoms with Gasteiger partial charge in [-0.2, -0.15) is 0 Å². The number of hydrogen-bond acceptors (Lipinski definition) is 3. The second-order valence-corrected chi connectivity index (χ2v) is 5.52. The number of rotatable bonds is 2. The lowest BCUT2D eigenvalue weighted by Gasteiger charge is -2.23. The monoisotopic (exact) mass is 256 g/mol. The van der Waals surface area contributed by atoms with Crippen LogP contribution in [0.25, 0.3) is 5.65 Å². The van der Waals surface area contributed by atoms with Crippen LogP contribution < -0.4 is 10.6 Å². The Labute approximate surface area is 111 Å². The first-order valence-electron chi connectivity index (χ1n) is 6.76. The highest BCUT2D eigenvalue weighted by Gasteiger charge is 2.40. The summed E-state index contributed by atoms with van der Waals surface area (Å²) in [5.41, 5.74) is 1.50. The van der Waals surface area contributed by atoms with Gasteiger partial charge in [0, 0.05) is 42.8 Å². The molecule has 98 valence electrons. The number of nitrogens with zero attached hydrogens (tertiary/aromatic N) is 2. The molecule has 4 rings (SSSR count). The molecule has 1 aliphatic heterocycles. The maximum Gasteiger partial charge on any atom is 0.251 e. The van der Waals surface area contributed by atoms with Crippen molar-refractivity contribution in [3.63, 3.8) is 0 Å². The zero-order valence-electron chi connectivity index (χ0n) is 10.5. The molecule has 0 spiro atoms. The van der Waals surface area contributed by atoms with Crippen LogP contribution >= 0.6 is 0 Å². The van der Waals surface area contributed by atoms with E-state index in [4.69, 9.17) is 0 Å². The van der Waals surface area contributed by atoms with Crippen molar-refractivity contribution in [2.75, 3.05) is 6.54 Å². The quantitative estimate of drug-likeness (QED) is 0.836. The van der Waals surface area contributed by atoms with Crippen LogP contribution in [0.2, 0.25) is 0 Å². The van der Waals surface area contributed by atoms with Gasteiger partial charge in [0.05, 0.1) is 0 Å². The van der Waals surface area contributed by atoms with Crippen molar-refractivity contribution >= 4 is 11.6 Å². The van der Waals surface area contributed by atoms with Gasteiger partial charge in [-0.3, -0.25) is 4.79 Å². The van der Waals surface area contributed by atoms with Gasteiger partial charge in [0.1, 0.15) is 5.65 Å². The molecule has 2 fully saturated rings. The number of aromatic nitrogens is 2. The number of piperidine rings is 1. The highest BCUT2D eigenvalue weighted by atomic mass is 16.1. The first-order chi connectivity index (χ1) is 9.29. The van der Waals surface area contributed by atoms with Crippen LogP contribution in [0.15, 0.2) is 30.7 Å². The highest BCUT2D eigenvalue weighted by molar-refractivity contribution is 5.95. The average Bonchev–Trinajstić information content (AvgIpc) is 3.13. The molecule has 2 bridgehead atoms. The van der Waals surface area contributed by atoms with Gasteiger partial charge < -0.3 is 15.0 Å². The summed E-state index contributed by atoms with van der Waals surface area (Å²) in [5, 5.41) is 6.62. The normalized spacial score (nSPS) is 28.9. The number of imidazole rings is 1. The molecular weight excluding hydrogens is 240 g/mol. The van der Waals surface area contributed by atoms with Gasteiger partial charge in [-0.05, 0) is 30.9 Å². The van der Waals surface area contributed by atoms with Gasteiger partial charge in [-0.1, -0.05) is 0 Å². The van der Waals surface area contributed by atoms with E-state index in [0.717, 1.165) is 18.6 Å². The van der Waals surface area contributed by atoms with E-state index in [9.17, 15) is 4.79 Å². The summed E-state index contributed by atoms with van der Waals surface area (Å²) < 4.78 is 1.90. The number of nitrogens with one attached hydrogen (secondary N) is 2. The van der Waals surface area contributed by atoms with Crippen molar-refractivity contribution < 1.29 is 4.79 Å². The summed E-state index contributed by atoms with van der Waals surface area (Å²) in [6, 6.07) is 4.61. The van der Waals surface area contributed by atoms with E-state index < -0.39 is 0 Å². The largest absolute Gasteiger partial charge is 0.349 e. The van der Waals surface area contributed by atoms with Crippen molar-refractivity contribution in [3.8, 4) is 0 Å². The summed E-state index contributed by atoms with van der Waals surface area (Å²) in [6.07, 6.45) is 7.74. The minimum atomic E-state index is 0.0167. The van der Waals surface area contributed by atoms with Crippen LogP contribution in [0.5, 0.6) is 0 Å². The van der Waals surface area contributed by atoms with Gasteiger partial charge in [-0.15, -0.1) is 0 Å². The number of hydrogen-bond donors (Lipinski definition) is 2. The smallest absolute Gasteiger partial charge is 0.251 e. The van der Waals surface area contributed by atoms with Gasteiger partial charge in [-0.25, -0.2) is 4.98 Å². The third kappa shape index (κ3) is 1.81. The summed E-state index contributed by atoms with van der Waals surface area (Å²) >= 11 is 0. The molecule has 5 nitrogen and oxygen atoms in total. The summed E-state index contributed by atoms with van der Waals surface area (Å²) in [5.74, 6) is 0.618. The van der Waals surface area contributed by atoms with Crippen molar-refractivity contribution in [1.29, 1.82) is 0 Å². The summed E-state index contributed by atoms with van der Waals surface area (Å²) in [7, 11) is 0. The predicted octanol–water partition coefficient (Wildman–Crippen LogP) is 0.814. The first kappa shape index (κ1) is 11.0. The van der Waals surface area contributed by atoms with Gasteiger partial charge in [0.15, 0.2) is 0 Å². The van der Waals surface area contributed by atoms with E-state index in [0.29, 0.717) is 23.6 Å². The molecule has 1 amide bonds. The lowest BCUT2D eigenvalue weighted by molar-refractivity contribution is 0.0925. The van der Waals surface area contributed by atoms with Crippen molar-refractivity contribution in [1.82, 2.24) is 20.0 Å². The maximum absolute atomic E-state index is 12.3. The lowest BCUT2D eigenvalue weighted by Crippen LogP contribution is -2.44. The molecule has 19 heavy (non-hydrogen) atoms. The molecule has 0 aromatic carbocycles. The molecule has 2 aliphatic rings. The predicted molar refractivity (Wildman–Crippen MR) is 71.0 cm³/mol. The minimum Gasteiger partial charge on any atom is -0.349 e. The maximum atomic E-state index is 12.3. The Morgan fingerprint density at radius 1 is 1.42 bits per heavy atom. The molecule has 2 aromatic rings. The van der Waals surface area contributed by atoms with E-state index in [1.54, 1.807) is 6.20 Å². The molecule has 1 saturated carbocycles. The fourth-order valence-electron chi connectivity index (χ4n) is 3.32. The van der Waals surface area contributed by atoms with E-state index in [1.165, 1.54) is 6.42 Å². The Bertz CT molecular complexity index is 635. The lowest BCUT2D eigenvalue weighted by atomic mass is 10.0. The minimum absolute atomic E-state index is 0.0167. The van der Waals surface area contributed by atoms with Crippen molar-refractivity contribution in [3.05, 3.63) is 36.3 Å². The molecule has 1 aliphatic carbocycles. The average molecular weight is 256 g/mol. The fourth-order valence-corrected chi connectivity index (χ4v) is 3.32. The molecule has 5 heteroatoms. The third-order valence-electron chi connectivity index (χ3n) is 4.34. The second kappa shape index (κ2) is 4.06. The first-order valence-corrected chi connectivity index (χ1v) is 6.76. The Balaban J connectivity index is 1.53. The summed E-state index contributed by atoms with van der Waals surface area (Å²) in [6.45, 7) is 1.04. The Kier molecular flexibility index (Phi) is 2.35. The molecule has 0 radical (unpaired) electrons. The Morgan fingerprint density at radius 3 is 3.16 bits per heavy atom. The van der Waals surface area contributed by atoms with Gasteiger partial charge in [0.25, 0.3) is 5.91 Å². The molecule has 0 unspecified atom stereocenters. The number of pyridine rings is 1. The Hall–Kier alpha value is -1.88. The second-order valence-electron chi connectivity index (χ2n) is 5.52. The summed E-state index contributed by atoms with van der Waals surface area (Å²) in [4.78, 5) is 16.5. The van der Waals surface area contributed by atoms with E-state index >= 15 is 0 Å². The molecule has 1 saturated heterocycles. The molecular formula is C14H16N4O. The van der Waals surface area contributed by atoms with Crippen LogP contribution in [0.3, 0.4) is 0 Å². The van der Waals surface area contributed by atoms with Crippen LogP contribution in [-0.4, -0.2) is 33.9 Å². The van der Waals surface area contributed by atoms with Gasteiger partial charge in [0.2, 0.25) is 0 Å². The highest BCUT2D eigenvalue weighted by Crippen LogP contribution is 2.31. The fraction of sp³-hybridized carbons (Fsp3) is 0.429. The van der Waals surface area contributed by atoms with E-state index in [-0.39, 0.29) is 5.91 Å². The molecule has 2 N–H and O–H groups in total. The number of amides is 1. The molecule has 2 aromatic heterocycles. The zero-order chi connectivity index (χ0) is 12.8. The topological polar surface area (TPSA) is 58.4 Å². The van der Waals surface area contributed by atoms with Crippen LogP contribution in [-0.2, 0) is 0 Å².